The highest BCUT2D eigenvalue weighted by molar-refractivity contribution is 5.91. The number of hydrogen-bond acceptors (Lipinski definition) is 1. The maximum atomic E-state index is 10.6. The van der Waals surface area contributed by atoms with Crippen molar-refractivity contribution in [1.29, 1.82) is 0 Å². The Bertz CT molecular complexity index is 315. The zero-order chi connectivity index (χ0) is 8.97. The molecular formula is C10H12NO+. The van der Waals surface area contributed by atoms with Gasteiger partial charge in [0.25, 0.3) is 0 Å². The SMILES string of the molecule is CC(=O)/C=C\c1ccc[n+](C)c1. The summed E-state index contributed by atoms with van der Waals surface area (Å²) in [5, 5.41) is 0. The van der Waals surface area contributed by atoms with Gasteiger partial charge in [-0.05, 0) is 25.1 Å². The molecule has 0 radical (unpaired) electrons. The van der Waals surface area contributed by atoms with Crippen molar-refractivity contribution in [1.82, 2.24) is 0 Å². The van der Waals surface area contributed by atoms with Gasteiger partial charge in [0.05, 0.1) is 0 Å². The van der Waals surface area contributed by atoms with Crippen molar-refractivity contribution in [2.75, 3.05) is 0 Å². The number of hydrogen-bond donors (Lipinski definition) is 0. The third-order valence-corrected chi connectivity index (χ3v) is 1.47. The second-order valence-corrected chi connectivity index (χ2v) is 2.75. The van der Waals surface area contributed by atoms with Crippen molar-refractivity contribution < 1.29 is 9.36 Å². The summed E-state index contributed by atoms with van der Waals surface area (Å²) in [5.74, 6) is 0.0708. The molecule has 0 saturated carbocycles. The second-order valence-electron chi connectivity index (χ2n) is 2.75. The van der Waals surface area contributed by atoms with Crippen molar-refractivity contribution in [3.05, 3.63) is 36.2 Å². The Kier molecular flexibility index (Phi) is 2.75. The van der Waals surface area contributed by atoms with Gasteiger partial charge in [0.2, 0.25) is 0 Å². The van der Waals surface area contributed by atoms with Crippen molar-refractivity contribution in [2.45, 2.75) is 6.92 Å². The van der Waals surface area contributed by atoms with Crippen molar-refractivity contribution >= 4 is 11.9 Å². The van der Waals surface area contributed by atoms with Gasteiger partial charge in [-0.25, -0.2) is 4.57 Å². The van der Waals surface area contributed by atoms with E-state index in [1.165, 1.54) is 0 Å². The maximum absolute atomic E-state index is 10.6. The molecule has 0 N–H and O–H groups in total. The van der Waals surface area contributed by atoms with Gasteiger partial charge < -0.3 is 0 Å². The van der Waals surface area contributed by atoms with E-state index < -0.39 is 0 Å². The lowest BCUT2D eigenvalue weighted by molar-refractivity contribution is -0.671. The molecular weight excluding hydrogens is 150 g/mol. The normalized spacial score (nSPS) is 10.5. The van der Waals surface area contributed by atoms with Crippen LogP contribution in [0.3, 0.4) is 0 Å². The fraction of sp³-hybridized carbons (Fsp3) is 0.200. The largest absolute Gasteiger partial charge is 0.295 e. The minimum atomic E-state index is 0.0708. The molecule has 0 fully saturated rings. The van der Waals surface area contributed by atoms with Gasteiger partial charge in [-0.2, -0.15) is 0 Å². The zero-order valence-corrected chi connectivity index (χ0v) is 7.32. The van der Waals surface area contributed by atoms with E-state index in [1.807, 2.05) is 42.2 Å². The smallest absolute Gasteiger partial charge is 0.175 e. The van der Waals surface area contributed by atoms with Crippen LogP contribution < -0.4 is 4.57 Å². The molecule has 0 atom stereocenters. The average molecular weight is 162 g/mol. The molecule has 0 amide bonds. The Balaban J connectivity index is 2.83. The number of pyridine rings is 1. The first kappa shape index (κ1) is 8.65. The fourth-order valence-corrected chi connectivity index (χ4v) is 0.923. The molecule has 1 rings (SSSR count). The van der Waals surface area contributed by atoms with Crippen LogP contribution in [0.5, 0.6) is 0 Å². The Morgan fingerprint density at radius 2 is 2.33 bits per heavy atom. The molecule has 0 aliphatic heterocycles. The van der Waals surface area contributed by atoms with Crippen LogP contribution >= 0.6 is 0 Å². The molecule has 2 heteroatoms. The summed E-state index contributed by atoms with van der Waals surface area (Å²) < 4.78 is 1.94. The van der Waals surface area contributed by atoms with Crippen LogP contribution in [0.25, 0.3) is 6.08 Å². The minimum Gasteiger partial charge on any atom is -0.295 e. The molecule has 12 heavy (non-hydrogen) atoms. The number of ketones is 1. The molecule has 1 heterocycles. The van der Waals surface area contributed by atoms with Crippen molar-refractivity contribution in [2.24, 2.45) is 7.05 Å². The minimum absolute atomic E-state index is 0.0708. The maximum Gasteiger partial charge on any atom is 0.175 e. The average Bonchev–Trinajstić information content (AvgIpc) is 2.01. The summed E-state index contributed by atoms with van der Waals surface area (Å²) >= 11 is 0. The van der Waals surface area contributed by atoms with Crippen LogP contribution in [0.4, 0.5) is 0 Å². The van der Waals surface area contributed by atoms with Crippen LogP contribution in [0, 0.1) is 0 Å². The van der Waals surface area contributed by atoms with Crippen LogP contribution in [0.2, 0.25) is 0 Å². The lowest BCUT2D eigenvalue weighted by Crippen LogP contribution is -2.26. The molecule has 0 aromatic carbocycles. The topological polar surface area (TPSA) is 20.9 Å². The summed E-state index contributed by atoms with van der Waals surface area (Å²) in [5.41, 5.74) is 1.04. The van der Waals surface area contributed by atoms with E-state index in [1.54, 1.807) is 13.0 Å². The molecule has 0 aliphatic carbocycles. The Morgan fingerprint density at radius 1 is 1.58 bits per heavy atom. The van der Waals surface area contributed by atoms with E-state index >= 15 is 0 Å². The summed E-state index contributed by atoms with van der Waals surface area (Å²) in [6, 6.07) is 3.90. The number of rotatable bonds is 2. The highest BCUT2D eigenvalue weighted by atomic mass is 16.1. The summed E-state index contributed by atoms with van der Waals surface area (Å²) in [4.78, 5) is 10.6. The monoisotopic (exact) mass is 162 g/mol. The number of carbonyl (C=O) groups is 1. The quantitative estimate of drug-likeness (QED) is 0.471. The van der Waals surface area contributed by atoms with Gasteiger partial charge in [0, 0.05) is 11.6 Å². The number of aryl methyl sites for hydroxylation is 1. The number of aromatic nitrogens is 1. The standard InChI is InChI=1S/C10H12NO/c1-9(12)5-6-10-4-3-7-11(2)8-10/h3-8H,1-2H3/q+1/b6-5-. The van der Waals surface area contributed by atoms with E-state index in [0.29, 0.717) is 0 Å². The van der Waals surface area contributed by atoms with Gasteiger partial charge in [-0.1, -0.05) is 0 Å². The molecule has 1 aromatic rings. The Hall–Kier alpha value is -1.44. The molecule has 2 nitrogen and oxygen atoms in total. The molecule has 0 unspecified atom stereocenters. The van der Waals surface area contributed by atoms with Gasteiger partial charge in [-0.15, -0.1) is 0 Å². The molecule has 0 spiro atoms. The number of nitrogens with zero attached hydrogens (tertiary/aromatic N) is 1. The third-order valence-electron chi connectivity index (χ3n) is 1.47. The first-order valence-corrected chi connectivity index (χ1v) is 3.82. The number of allylic oxidation sites excluding steroid dienone is 1. The van der Waals surface area contributed by atoms with Crippen molar-refractivity contribution in [3.63, 3.8) is 0 Å². The van der Waals surface area contributed by atoms with Crippen LogP contribution in [0.15, 0.2) is 30.6 Å². The Morgan fingerprint density at radius 3 is 2.92 bits per heavy atom. The van der Waals surface area contributed by atoms with E-state index in [-0.39, 0.29) is 5.78 Å². The highest BCUT2D eigenvalue weighted by Crippen LogP contribution is 1.96. The Labute approximate surface area is 72.2 Å². The van der Waals surface area contributed by atoms with E-state index in [2.05, 4.69) is 0 Å². The third kappa shape index (κ3) is 2.66. The van der Waals surface area contributed by atoms with E-state index in [0.717, 1.165) is 5.56 Å². The predicted octanol–water partition coefficient (Wildman–Crippen LogP) is 1.11. The highest BCUT2D eigenvalue weighted by Gasteiger charge is 1.92. The lowest BCUT2D eigenvalue weighted by Gasteiger charge is -1.89. The van der Waals surface area contributed by atoms with Gasteiger partial charge in [0.1, 0.15) is 7.05 Å². The second kappa shape index (κ2) is 3.81. The first-order chi connectivity index (χ1) is 5.68. The van der Waals surface area contributed by atoms with Gasteiger partial charge >= 0.3 is 0 Å². The van der Waals surface area contributed by atoms with Crippen molar-refractivity contribution in [3.8, 4) is 0 Å². The van der Waals surface area contributed by atoms with E-state index in [4.69, 9.17) is 0 Å². The lowest BCUT2D eigenvalue weighted by atomic mass is 10.2. The molecule has 0 bridgehead atoms. The van der Waals surface area contributed by atoms with Gasteiger partial charge in [-0.3, -0.25) is 4.79 Å². The van der Waals surface area contributed by atoms with Crippen LogP contribution in [0.1, 0.15) is 12.5 Å². The summed E-state index contributed by atoms with van der Waals surface area (Å²) in [6.07, 6.45) is 7.28. The number of carbonyl (C=O) groups excluding carboxylic acids is 1. The molecule has 0 aliphatic rings. The van der Waals surface area contributed by atoms with E-state index in [9.17, 15) is 4.79 Å². The van der Waals surface area contributed by atoms with Gasteiger partial charge in [0.15, 0.2) is 18.2 Å². The van der Waals surface area contributed by atoms with Crippen LogP contribution in [-0.2, 0) is 11.8 Å². The molecule has 62 valence electrons. The van der Waals surface area contributed by atoms with Crippen LogP contribution in [-0.4, -0.2) is 5.78 Å². The predicted molar refractivity (Wildman–Crippen MR) is 47.3 cm³/mol. The molecule has 0 saturated heterocycles. The zero-order valence-electron chi connectivity index (χ0n) is 7.32. The fourth-order valence-electron chi connectivity index (χ4n) is 0.923. The molecule has 1 aromatic heterocycles. The first-order valence-electron chi connectivity index (χ1n) is 3.82. The summed E-state index contributed by atoms with van der Waals surface area (Å²) in [7, 11) is 1.95. The summed E-state index contributed by atoms with van der Waals surface area (Å²) in [6.45, 7) is 1.54.